The summed E-state index contributed by atoms with van der Waals surface area (Å²) < 4.78 is 5.17. The maximum absolute atomic E-state index is 12.7. The van der Waals surface area contributed by atoms with Gasteiger partial charge in [0.1, 0.15) is 12.7 Å². The Hall–Kier alpha value is -3.67. The van der Waals surface area contributed by atoms with Crippen LogP contribution in [0.2, 0.25) is 0 Å². The Balaban J connectivity index is 1.88. The fourth-order valence-corrected chi connectivity index (χ4v) is 2.62. The molecule has 0 saturated carbocycles. The molecule has 27 heavy (non-hydrogen) atoms. The summed E-state index contributed by atoms with van der Waals surface area (Å²) in [6, 6.07) is 18.8. The van der Waals surface area contributed by atoms with E-state index in [1.807, 2.05) is 48.5 Å². The Morgan fingerprint density at radius 1 is 1.04 bits per heavy atom. The molecule has 0 radical (unpaired) electrons. The van der Waals surface area contributed by atoms with Crippen LogP contribution in [-0.2, 0) is 4.84 Å². The van der Waals surface area contributed by atoms with Crippen LogP contribution in [0.1, 0.15) is 15.9 Å². The fourth-order valence-electron chi connectivity index (χ4n) is 2.62. The zero-order valence-corrected chi connectivity index (χ0v) is 15.0. The molecule has 3 aromatic rings. The molecule has 0 saturated heterocycles. The Labute approximate surface area is 157 Å². The second-order valence-electron chi connectivity index (χ2n) is 5.60. The summed E-state index contributed by atoms with van der Waals surface area (Å²) in [6.45, 7) is 0. The molecule has 0 bridgehead atoms. The zero-order valence-electron chi connectivity index (χ0n) is 15.0. The van der Waals surface area contributed by atoms with Gasteiger partial charge in [0.2, 0.25) is 5.88 Å². The number of nitrogens with one attached hydrogen (secondary N) is 1. The molecule has 6 nitrogen and oxygen atoms in total. The second-order valence-corrected chi connectivity index (χ2v) is 5.60. The highest BCUT2D eigenvalue weighted by molar-refractivity contribution is 6.07. The van der Waals surface area contributed by atoms with Crippen LogP contribution in [0.25, 0.3) is 11.1 Å². The van der Waals surface area contributed by atoms with Crippen molar-refractivity contribution in [1.82, 2.24) is 4.98 Å². The average molecular weight is 361 g/mol. The smallest absolute Gasteiger partial charge is 0.261 e. The fraction of sp³-hybridized carbons (Fsp3) is 0.0952. The monoisotopic (exact) mass is 361 g/mol. The molecule has 2 aromatic carbocycles. The van der Waals surface area contributed by atoms with Gasteiger partial charge in [0.15, 0.2) is 0 Å². The van der Waals surface area contributed by atoms with Gasteiger partial charge in [-0.15, -0.1) is 0 Å². The Kier molecular flexibility index (Phi) is 5.79. The van der Waals surface area contributed by atoms with Crippen molar-refractivity contribution in [3.63, 3.8) is 0 Å². The van der Waals surface area contributed by atoms with Crippen LogP contribution in [0, 0.1) is 0 Å². The maximum atomic E-state index is 12.7. The summed E-state index contributed by atoms with van der Waals surface area (Å²) in [4.78, 5) is 21.4. The van der Waals surface area contributed by atoms with E-state index in [0.717, 1.165) is 16.7 Å². The highest BCUT2D eigenvalue weighted by Gasteiger charge is 2.15. The molecule has 1 aromatic heterocycles. The first-order chi connectivity index (χ1) is 13.2. The number of oxime groups is 1. The third-order valence-electron chi connectivity index (χ3n) is 3.91. The van der Waals surface area contributed by atoms with E-state index in [-0.39, 0.29) is 11.8 Å². The molecule has 0 aliphatic rings. The number of carbonyl (C=O) groups excluding carboxylic acids is 1. The van der Waals surface area contributed by atoms with Crippen LogP contribution in [0.3, 0.4) is 0 Å². The molecule has 0 spiro atoms. The second kappa shape index (κ2) is 8.62. The molecule has 0 aliphatic carbocycles. The van der Waals surface area contributed by atoms with Crippen LogP contribution in [0.15, 0.2) is 72.0 Å². The van der Waals surface area contributed by atoms with Gasteiger partial charge >= 0.3 is 0 Å². The van der Waals surface area contributed by atoms with Crippen molar-refractivity contribution in [2.24, 2.45) is 5.16 Å². The van der Waals surface area contributed by atoms with E-state index in [2.05, 4.69) is 15.5 Å². The van der Waals surface area contributed by atoms with Crippen LogP contribution in [0.5, 0.6) is 5.88 Å². The third kappa shape index (κ3) is 4.30. The Morgan fingerprint density at radius 3 is 2.56 bits per heavy atom. The van der Waals surface area contributed by atoms with Crippen molar-refractivity contribution >= 4 is 17.8 Å². The van der Waals surface area contributed by atoms with Crippen molar-refractivity contribution in [3.05, 3.63) is 78.0 Å². The van der Waals surface area contributed by atoms with E-state index >= 15 is 0 Å². The van der Waals surface area contributed by atoms with Crippen LogP contribution >= 0.6 is 0 Å². The largest absolute Gasteiger partial charge is 0.480 e. The number of para-hydroxylation sites is 1. The number of rotatable bonds is 6. The number of nitrogens with zero attached hydrogens (tertiary/aromatic N) is 2. The molecule has 3 rings (SSSR count). The number of amides is 1. The Bertz CT molecular complexity index is 953. The lowest BCUT2D eigenvalue weighted by Gasteiger charge is -2.12. The van der Waals surface area contributed by atoms with E-state index in [4.69, 9.17) is 9.57 Å². The molecule has 0 aliphatic heterocycles. The van der Waals surface area contributed by atoms with Gasteiger partial charge in [0.05, 0.1) is 13.3 Å². The molecule has 136 valence electrons. The number of hydrogen-bond donors (Lipinski definition) is 1. The summed E-state index contributed by atoms with van der Waals surface area (Å²) in [6.07, 6.45) is 3.21. The van der Waals surface area contributed by atoms with Crippen molar-refractivity contribution in [3.8, 4) is 17.0 Å². The van der Waals surface area contributed by atoms with Crippen molar-refractivity contribution in [1.29, 1.82) is 0 Å². The van der Waals surface area contributed by atoms with E-state index in [1.165, 1.54) is 14.2 Å². The molecule has 6 heteroatoms. The van der Waals surface area contributed by atoms with Gasteiger partial charge in [0, 0.05) is 17.4 Å². The van der Waals surface area contributed by atoms with E-state index in [1.54, 1.807) is 24.5 Å². The number of aromatic nitrogens is 1. The van der Waals surface area contributed by atoms with Gasteiger partial charge in [-0.25, -0.2) is 4.98 Å². The van der Waals surface area contributed by atoms with Gasteiger partial charge in [-0.2, -0.15) is 0 Å². The van der Waals surface area contributed by atoms with E-state index in [9.17, 15) is 4.79 Å². The lowest BCUT2D eigenvalue weighted by atomic mass is 10.0. The van der Waals surface area contributed by atoms with Crippen LogP contribution < -0.4 is 10.1 Å². The number of hydrogen-bond acceptors (Lipinski definition) is 5. The lowest BCUT2D eigenvalue weighted by Crippen LogP contribution is -2.14. The molecule has 0 unspecified atom stereocenters. The standard InChI is InChI=1S/C21H19N3O3/c1-26-21-18(7-5-13-22-21)20(25)24-19-8-4-3-6-17(19)16-11-9-15(10-12-16)14-23-27-2/h3-14H,1-2H3,(H,24,25). The molecule has 1 heterocycles. The highest BCUT2D eigenvalue weighted by atomic mass is 16.6. The quantitative estimate of drug-likeness (QED) is 0.532. The van der Waals surface area contributed by atoms with Crippen LogP contribution in [0.4, 0.5) is 5.69 Å². The number of anilines is 1. The maximum Gasteiger partial charge on any atom is 0.261 e. The van der Waals surface area contributed by atoms with Crippen molar-refractivity contribution in [2.45, 2.75) is 0 Å². The first kappa shape index (κ1) is 18.1. The van der Waals surface area contributed by atoms with E-state index in [0.29, 0.717) is 11.3 Å². The lowest BCUT2D eigenvalue weighted by molar-refractivity contribution is 0.102. The first-order valence-corrected chi connectivity index (χ1v) is 8.29. The predicted octanol–water partition coefficient (Wildman–Crippen LogP) is 3.99. The highest BCUT2D eigenvalue weighted by Crippen LogP contribution is 2.29. The normalized spacial score (nSPS) is 10.6. The van der Waals surface area contributed by atoms with Gasteiger partial charge in [-0.3, -0.25) is 4.79 Å². The number of methoxy groups -OCH3 is 1. The summed E-state index contributed by atoms with van der Waals surface area (Å²) in [5, 5.41) is 6.70. The number of carbonyl (C=O) groups is 1. The molecule has 0 atom stereocenters. The molecular weight excluding hydrogens is 342 g/mol. The molecule has 1 N–H and O–H groups in total. The molecular formula is C21H19N3O3. The molecule has 0 fully saturated rings. The predicted molar refractivity (Wildman–Crippen MR) is 105 cm³/mol. The van der Waals surface area contributed by atoms with Crippen molar-refractivity contribution in [2.75, 3.05) is 19.5 Å². The first-order valence-electron chi connectivity index (χ1n) is 8.29. The SMILES string of the molecule is CON=Cc1ccc(-c2ccccc2NC(=O)c2cccnc2OC)cc1. The minimum absolute atomic E-state index is 0.281. The average Bonchev–Trinajstić information content (AvgIpc) is 2.73. The Morgan fingerprint density at radius 2 is 1.81 bits per heavy atom. The minimum atomic E-state index is -0.281. The van der Waals surface area contributed by atoms with E-state index < -0.39 is 0 Å². The topological polar surface area (TPSA) is 72.8 Å². The van der Waals surface area contributed by atoms with Gasteiger partial charge < -0.3 is 14.9 Å². The summed E-state index contributed by atoms with van der Waals surface area (Å²) >= 11 is 0. The summed E-state index contributed by atoms with van der Waals surface area (Å²) in [5.41, 5.74) is 3.87. The van der Waals surface area contributed by atoms with Gasteiger partial charge in [-0.05, 0) is 29.3 Å². The number of pyridine rings is 1. The summed E-state index contributed by atoms with van der Waals surface area (Å²) in [7, 11) is 2.99. The van der Waals surface area contributed by atoms with Crippen LogP contribution in [-0.4, -0.2) is 31.3 Å². The van der Waals surface area contributed by atoms with Gasteiger partial charge in [0.25, 0.3) is 5.91 Å². The zero-order chi connectivity index (χ0) is 19.1. The molecule has 1 amide bonds. The minimum Gasteiger partial charge on any atom is -0.480 e. The van der Waals surface area contributed by atoms with Gasteiger partial charge in [-0.1, -0.05) is 47.6 Å². The summed E-state index contributed by atoms with van der Waals surface area (Å²) in [5.74, 6) is 0.00510. The third-order valence-corrected chi connectivity index (χ3v) is 3.91. The number of benzene rings is 2. The van der Waals surface area contributed by atoms with Crippen molar-refractivity contribution < 1.29 is 14.4 Å². The number of ether oxygens (including phenoxy) is 1.